The summed E-state index contributed by atoms with van der Waals surface area (Å²) in [5, 5.41) is 8.76. The number of piperidine rings is 1. The molecular formula is C21H26N4O2. The number of likely N-dealkylation sites (tertiary alicyclic amines) is 1. The Morgan fingerprint density at radius 1 is 1.04 bits per heavy atom. The number of rotatable bonds is 5. The van der Waals surface area contributed by atoms with Crippen LogP contribution in [0.1, 0.15) is 60.0 Å². The molecule has 2 aromatic rings. The molecule has 0 radical (unpaired) electrons. The summed E-state index contributed by atoms with van der Waals surface area (Å²) in [5.74, 6) is 4.40. The number of hydrogen-bond donors (Lipinski definition) is 0. The molecule has 1 amide bonds. The van der Waals surface area contributed by atoms with E-state index in [4.69, 9.17) is 4.74 Å². The van der Waals surface area contributed by atoms with Gasteiger partial charge in [0.15, 0.2) is 0 Å². The molecule has 1 saturated carbocycles. The molecule has 1 aromatic heterocycles. The lowest BCUT2D eigenvalue weighted by Gasteiger charge is -2.31. The summed E-state index contributed by atoms with van der Waals surface area (Å²) >= 11 is 0. The number of amides is 1. The molecule has 3 aliphatic rings. The number of carbonyl (C=O) groups is 1. The van der Waals surface area contributed by atoms with E-state index in [0.717, 1.165) is 74.4 Å². The molecule has 1 aromatic carbocycles. The van der Waals surface area contributed by atoms with Crippen molar-refractivity contribution in [2.45, 2.75) is 51.0 Å². The van der Waals surface area contributed by atoms with E-state index in [0.29, 0.717) is 5.92 Å². The zero-order chi connectivity index (χ0) is 18.2. The SMILES string of the molecule is O=C(c1ccc(OCC2CC2)cc1)N1CCC(c2nnc3n2CCC3)CC1. The van der Waals surface area contributed by atoms with Crippen LogP contribution < -0.4 is 4.74 Å². The molecule has 27 heavy (non-hydrogen) atoms. The zero-order valence-corrected chi connectivity index (χ0v) is 15.6. The topological polar surface area (TPSA) is 60.2 Å². The maximum Gasteiger partial charge on any atom is 0.253 e. The average Bonchev–Trinajstić information content (AvgIpc) is 3.28. The summed E-state index contributed by atoms with van der Waals surface area (Å²) in [5.41, 5.74) is 0.746. The van der Waals surface area contributed by atoms with E-state index < -0.39 is 0 Å². The van der Waals surface area contributed by atoms with Gasteiger partial charge in [0.05, 0.1) is 6.61 Å². The monoisotopic (exact) mass is 366 g/mol. The van der Waals surface area contributed by atoms with Gasteiger partial charge in [0, 0.05) is 37.5 Å². The second kappa shape index (κ2) is 6.98. The minimum absolute atomic E-state index is 0.119. The number of benzene rings is 1. The Balaban J connectivity index is 1.18. The first-order chi connectivity index (χ1) is 13.3. The molecular weight excluding hydrogens is 340 g/mol. The summed E-state index contributed by atoms with van der Waals surface area (Å²) < 4.78 is 8.06. The first kappa shape index (κ1) is 16.8. The Kier molecular flexibility index (Phi) is 4.34. The maximum absolute atomic E-state index is 12.8. The second-order valence-corrected chi connectivity index (χ2v) is 8.07. The van der Waals surface area contributed by atoms with Gasteiger partial charge in [-0.2, -0.15) is 0 Å². The molecule has 0 unspecified atom stereocenters. The molecule has 1 saturated heterocycles. The van der Waals surface area contributed by atoms with Gasteiger partial charge in [-0.3, -0.25) is 4.79 Å². The highest BCUT2D eigenvalue weighted by atomic mass is 16.5. The Morgan fingerprint density at radius 2 is 1.81 bits per heavy atom. The van der Waals surface area contributed by atoms with Crippen molar-refractivity contribution in [2.24, 2.45) is 5.92 Å². The van der Waals surface area contributed by atoms with Gasteiger partial charge in [0.1, 0.15) is 17.4 Å². The van der Waals surface area contributed by atoms with Crippen LogP contribution in [-0.4, -0.2) is 45.3 Å². The summed E-state index contributed by atoms with van der Waals surface area (Å²) in [6.45, 7) is 3.41. The Labute approximate surface area is 159 Å². The normalized spacial score (nSPS) is 19.9. The zero-order valence-electron chi connectivity index (χ0n) is 15.6. The number of aromatic nitrogens is 3. The van der Waals surface area contributed by atoms with Gasteiger partial charge >= 0.3 is 0 Å². The van der Waals surface area contributed by atoms with Gasteiger partial charge in [-0.15, -0.1) is 10.2 Å². The van der Waals surface area contributed by atoms with Gasteiger partial charge < -0.3 is 14.2 Å². The molecule has 3 heterocycles. The second-order valence-electron chi connectivity index (χ2n) is 8.07. The van der Waals surface area contributed by atoms with Crippen molar-refractivity contribution >= 4 is 5.91 Å². The van der Waals surface area contributed by atoms with Crippen molar-refractivity contribution in [1.29, 1.82) is 0 Å². The number of carbonyl (C=O) groups excluding carboxylic acids is 1. The van der Waals surface area contributed by atoms with E-state index in [2.05, 4.69) is 14.8 Å². The highest BCUT2D eigenvalue weighted by Gasteiger charge is 2.29. The van der Waals surface area contributed by atoms with Gasteiger partial charge in [0.2, 0.25) is 0 Å². The molecule has 5 rings (SSSR count). The van der Waals surface area contributed by atoms with Crippen LogP contribution >= 0.6 is 0 Å². The van der Waals surface area contributed by atoms with E-state index in [1.165, 1.54) is 19.3 Å². The van der Waals surface area contributed by atoms with Crippen molar-refractivity contribution in [3.05, 3.63) is 41.5 Å². The Bertz CT molecular complexity index is 817. The number of nitrogens with zero attached hydrogens (tertiary/aromatic N) is 4. The molecule has 6 nitrogen and oxygen atoms in total. The quantitative estimate of drug-likeness (QED) is 0.816. The number of aryl methyl sites for hydroxylation is 1. The minimum Gasteiger partial charge on any atom is -0.493 e. The van der Waals surface area contributed by atoms with E-state index in [-0.39, 0.29) is 5.91 Å². The smallest absolute Gasteiger partial charge is 0.253 e. The van der Waals surface area contributed by atoms with Crippen LogP contribution in [0.5, 0.6) is 5.75 Å². The summed E-state index contributed by atoms with van der Waals surface area (Å²) in [4.78, 5) is 14.8. The minimum atomic E-state index is 0.119. The van der Waals surface area contributed by atoms with E-state index in [1.54, 1.807) is 0 Å². The van der Waals surface area contributed by atoms with Crippen LogP contribution in [0.2, 0.25) is 0 Å². The Morgan fingerprint density at radius 3 is 2.56 bits per heavy atom. The summed E-state index contributed by atoms with van der Waals surface area (Å²) in [6, 6.07) is 7.62. The third-order valence-corrected chi connectivity index (χ3v) is 6.07. The van der Waals surface area contributed by atoms with Crippen LogP contribution in [0.3, 0.4) is 0 Å². The van der Waals surface area contributed by atoms with Crippen LogP contribution in [0, 0.1) is 5.92 Å². The lowest BCUT2D eigenvalue weighted by Crippen LogP contribution is -2.38. The van der Waals surface area contributed by atoms with Crippen LogP contribution in [0.25, 0.3) is 0 Å². The van der Waals surface area contributed by atoms with E-state index in [1.807, 2.05) is 29.2 Å². The summed E-state index contributed by atoms with van der Waals surface area (Å²) in [7, 11) is 0. The maximum atomic E-state index is 12.8. The molecule has 0 atom stereocenters. The average molecular weight is 366 g/mol. The fourth-order valence-electron chi connectivity index (χ4n) is 4.19. The van der Waals surface area contributed by atoms with Crippen molar-refractivity contribution < 1.29 is 9.53 Å². The fourth-order valence-corrected chi connectivity index (χ4v) is 4.19. The predicted octanol–water partition coefficient (Wildman–Crippen LogP) is 3.03. The molecule has 142 valence electrons. The van der Waals surface area contributed by atoms with E-state index in [9.17, 15) is 4.79 Å². The molecule has 0 N–H and O–H groups in total. The van der Waals surface area contributed by atoms with Crippen molar-refractivity contribution in [3.63, 3.8) is 0 Å². The third-order valence-electron chi connectivity index (χ3n) is 6.07. The Hall–Kier alpha value is -2.37. The van der Waals surface area contributed by atoms with Gasteiger partial charge in [-0.25, -0.2) is 0 Å². The lowest BCUT2D eigenvalue weighted by atomic mass is 9.95. The fraction of sp³-hybridized carbons (Fsp3) is 0.571. The molecule has 2 aliphatic heterocycles. The molecule has 0 bridgehead atoms. The number of fused-ring (bicyclic) bond motifs is 1. The predicted molar refractivity (Wildman–Crippen MR) is 101 cm³/mol. The molecule has 6 heteroatoms. The summed E-state index contributed by atoms with van der Waals surface area (Å²) in [6.07, 6.45) is 6.72. The lowest BCUT2D eigenvalue weighted by molar-refractivity contribution is 0.0710. The third kappa shape index (κ3) is 3.45. The molecule has 2 fully saturated rings. The van der Waals surface area contributed by atoms with Crippen LogP contribution in [0.15, 0.2) is 24.3 Å². The number of ether oxygens (including phenoxy) is 1. The van der Waals surface area contributed by atoms with Crippen LogP contribution in [0.4, 0.5) is 0 Å². The standard InChI is InChI=1S/C21H26N4O2/c26-21(17-5-7-18(8-6-17)27-14-15-3-4-15)24-12-9-16(10-13-24)20-23-22-19-2-1-11-25(19)20/h5-8,15-16H,1-4,9-14H2. The number of hydrogen-bond acceptors (Lipinski definition) is 4. The molecule has 0 spiro atoms. The van der Waals surface area contributed by atoms with E-state index >= 15 is 0 Å². The molecule has 1 aliphatic carbocycles. The first-order valence-electron chi connectivity index (χ1n) is 10.2. The van der Waals surface area contributed by atoms with Crippen LogP contribution in [-0.2, 0) is 13.0 Å². The first-order valence-corrected chi connectivity index (χ1v) is 10.2. The highest BCUT2D eigenvalue weighted by Crippen LogP contribution is 2.31. The largest absolute Gasteiger partial charge is 0.493 e. The van der Waals surface area contributed by atoms with Gasteiger partial charge in [-0.1, -0.05) is 0 Å². The van der Waals surface area contributed by atoms with Crippen molar-refractivity contribution in [3.8, 4) is 5.75 Å². The highest BCUT2D eigenvalue weighted by molar-refractivity contribution is 5.94. The van der Waals surface area contributed by atoms with Gasteiger partial charge in [-0.05, 0) is 62.3 Å². The van der Waals surface area contributed by atoms with Crippen molar-refractivity contribution in [2.75, 3.05) is 19.7 Å². The van der Waals surface area contributed by atoms with Gasteiger partial charge in [0.25, 0.3) is 5.91 Å². The van der Waals surface area contributed by atoms with Crippen molar-refractivity contribution in [1.82, 2.24) is 19.7 Å².